The van der Waals surface area contributed by atoms with Gasteiger partial charge in [0.05, 0.1) is 13.4 Å². The summed E-state index contributed by atoms with van der Waals surface area (Å²) in [7, 11) is 1.34. The van der Waals surface area contributed by atoms with Crippen LogP contribution in [0.25, 0.3) is 0 Å². The van der Waals surface area contributed by atoms with Crippen LogP contribution in [0.3, 0.4) is 0 Å². The molecule has 0 bridgehead atoms. The van der Waals surface area contributed by atoms with Gasteiger partial charge in [0.25, 0.3) is 0 Å². The van der Waals surface area contributed by atoms with Crippen LogP contribution in [0.2, 0.25) is 0 Å². The summed E-state index contributed by atoms with van der Waals surface area (Å²) in [6, 6.07) is 10.3. The van der Waals surface area contributed by atoms with Gasteiger partial charge in [0.1, 0.15) is 0 Å². The SMILES string of the molecule is COC(=O)c1occc1CNC(C)c1ccc(C)cc1. The van der Waals surface area contributed by atoms with Crippen LogP contribution in [0, 0.1) is 6.92 Å². The van der Waals surface area contributed by atoms with Crippen LogP contribution in [0.1, 0.15) is 40.2 Å². The van der Waals surface area contributed by atoms with Gasteiger partial charge in [-0.3, -0.25) is 0 Å². The first-order valence-electron chi connectivity index (χ1n) is 6.56. The number of hydrogen-bond acceptors (Lipinski definition) is 4. The second kappa shape index (κ2) is 6.39. The molecule has 2 aromatic rings. The summed E-state index contributed by atoms with van der Waals surface area (Å²) < 4.78 is 9.84. The molecule has 0 saturated heterocycles. The summed E-state index contributed by atoms with van der Waals surface area (Å²) >= 11 is 0. The number of aryl methyl sites for hydroxylation is 1. The van der Waals surface area contributed by atoms with Gasteiger partial charge in [-0.15, -0.1) is 0 Å². The molecule has 0 spiro atoms. The van der Waals surface area contributed by atoms with Crippen LogP contribution in [-0.4, -0.2) is 13.1 Å². The monoisotopic (exact) mass is 273 g/mol. The molecule has 1 N–H and O–H groups in total. The van der Waals surface area contributed by atoms with Crippen LogP contribution in [-0.2, 0) is 11.3 Å². The molecule has 1 heterocycles. The molecule has 0 fully saturated rings. The Hall–Kier alpha value is -2.07. The van der Waals surface area contributed by atoms with Crippen molar-refractivity contribution in [2.45, 2.75) is 26.4 Å². The number of rotatable bonds is 5. The Balaban J connectivity index is 2.00. The van der Waals surface area contributed by atoms with Gasteiger partial charge in [-0.2, -0.15) is 0 Å². The number of furan rings is 1. The van der Waals surface area contributed by atoms with Gasteiger partial charge in [-0.25, -0.2) is 4.79 Å². The molecule has 4 heteroatoms. The quantitative estimate of drug-likeness (QED) is 0.850. The topological polar surface area (TPSA) is 51.5 Å². The van der Waals surface area contributed by atoms with Gasteiger partial charge < -0.3 is 14.5 Å². The van der Waals surface area contributed by atoms with Gasteiger partial charge in [-0.1, -0.05) is 29.8 Å². The first-order valence-corrected chi connectivity index (χ1v) is 6.56. The molecular weight excluding hydrogens is 254 g/mol. The largest absolute Gasteiger partial charge is 0.463 e. The Bertz CT molecular complexity index is 572. The molecule has 0 aliphatic rings. The van der Waals surface area contributed by atoms with Crippen molar-refractivity contribution in [2.75, 3.05) is 7.11 Å². The molecule has 20 heavy (non-hydrogen) atoms. The van der Waals surface area contributed by atoms with Crippen molar-refractivity contribution in [1.29, 1.82) is 0 Å². The van der Waals surface area contributed by atoms with Gasteiger partial charge in [0.15, 0.2) is 0 Å². The predicted molar refractivity (Wildman–Crippen MR) is 76.5 cm³/mol. The fourth-order valence-corrected chi connectivity index (χ4v) is 1.98. The molecule has 1 unspecified atom stereocenters. The van der Waals surface area contributed by atoms with Crippen molar-refractivity contribution in [3.8, 4) is 0 Å². The third kappa shape index (κ3) is 3.27. The lowest BCUT2D eigenvalue weighted by Gasteiger charge is -2.14. The molecule has 2 rings (SSSR count). The summed E-state index contributed by atoms with van der Waals surface area (Å²) in [5.41, 5.74) is 3.25. The maximum absolute atomic E-state index is 11.5. The molecule has 0 aliphatic heterocycles. The molecule has 1 aromatic carbocycles. The molecule has 0 radical (unpaired) electrons. The number of hydrogen-bond donors (Lipinski definition) is 1. The van der Waals surface area contributed by atoms with Gasteiger partial charge in [0, 0.05) is 18.2 Å². The average Bonchev–Trinajstić information content (AvgIpc) is 2.93. The highest BCUT2D eigenvalue weighted by Crippen LogP contribution is 2.16. The smallest absolute Gasteiger partial charge is 0.374 e. The zero-order chi connectivity index (χ0) is 14.5. The molecule has 106 valence electrons. The number of nitrogens with one attached hydrogen (secondary N) is 1. The summed E-state index contributed by atoms with van der Waals surface area (Å²) in [4.78, 5) is 11.5. The van der Waals surface area contributed by atoms with E-state index >= 15 is 0 Å². The van der Waals surface area contributed by atoms with E-state index in [-0.39, 0.29) is 11.8 Å². The fraction of sp³-hybridized carbons (Fsp3) is 0.312. The van der Waals surface area contributed by atoms with Gasteiger partial charge in [-0.05, 0) is 25.5 Å². The van der Waals surface area contributed by atoms with Crippen molar-refractivity contribution >= 4 is 5.97 Å². The highest BCUT2D eigenvalue weighted by atomic mass is 16.5. The Labute approximate surface area is 118 Å². The van der Waals surface area contributed by atoms with Crippen LogP contribution < -0.4 is 5.32 Å². The van der Waals surface area contributed by atoms with E-state index in [1.807, 2.05) is 0 Å². The Morgan fingerprint density at radius 1 is 1.30 bits per heavy atom. The minimum Gasteiger partial charge on any atom is -0.463 e. The number of ether oxygens (including phenoxy) is 1. The minimum atomic E-state index is -0.449. The zero-order valence-electron chi connectivity index (χ0n) is 12.0. The molecule has 0 saturated carbocycles. The lowest BCUT2D eigenvalue weighted by molar-refractivity contribution is 0.0563. The Kier molecular flexibility index (Phi) is 4.58. The molecular formula is C16H19NO3. The lowest BCUT2D eigenvalue weighted by Crippen LogP contribution is -2.19. The zero-order valence-corrected chi connectivity index (χ0v) is 12.0. The Morgan fingerprint density at radius 3 is 2.65 bits per heavy atom. The lowest BCUT2D eigenvalue weighted by atomic mass is 10.1. The van der Waals surface area contributed by atoms with Gasteiger partial charge in [0.2, 0.25) is 5.76 Å². The van der Waals surface area contributed by atoms with E-state index < -0.39 is 5.97 Å². The normalized spacial score (nSPS) is 12.2. The molecule has 4 nitrogen and oxygen atoms in total. The van der Waals surface area contributed by atoms with Crippen molar-refractivity contribution in [2.24, 2.45) is 0 Å². The third-order valence-corrected chi connectivity index (χ3v) is 3.29. The van der Waals surface area contributed by atoms with E-state index in [0.717, 1.165) is 5.56 Å². The number of benzene rings is 1. The van der Waals surface area contributed by atoms with E-state index in [9.17, 15) is 4.79 Å². The fourth-order valence-electron chi connectivity index (χ4n) is 1.98. The van der Waals surface area contributed by atoms with E-state index in [0.29, 0.717) is 6.54 Å². The van der Waals surface area contributed by atoms with Crippen LogP contribution >= 0.6 is 0 Å². The molecule has 0 aliphatic carbocycles. The number of esters is 1. The standard InChI is InChI=1S/C16H19NO3/c1-11-4-6-13(7-5-11)12(2)17-10-14-8-9-20-15(14)16(18)19-3/h4-9,12,17H,10H2,1-3H3. The predicted octanol–water partition coefficient (Wildman–Crippen LogP) is 3.23. The van der Waals surface area contributed by atoms with Gasteiger partial charge >= 0.3 is 5.97 Å². The van der Waals surface area contributed by atoms with E-state index in [4.69, 9.17) is 4.42 Å². The van der Waals surface area contributed by atoms with Crippen LogP contribution in [0.5, 0.6) is 0 Å². The molecule has 1 atom stereocenters. The first-order chi connectivity index (χ1) is 9.61. The van der Waals surface area contributed by atoms with E-state index in [1.165, 1.54) is 24.5 Å². The van der Waals surface area contributed by atoms with E-state index in [2.05, 4.69) is 48.2 Å². The third-order valence-electron chi connectivity index (χ3n) is 3.29. The Morgan fingerprint density at radius 2 is 2.00 bits per heavy atom. The minimum absolute atomic E-state index is 0.191. The summed E-state index contributed by atoms with van der Waals surface area (Å²) in [6.45, 7) is 4.70. The highest BCUT2D eigenvalue weighted by molar-refractivity contribution is 5.87. The van der Waals surface area contributed by atoms with Crippen molar-refractivity contribution in [1.82, 2.24) is 5.32 Å². The number of carbonyl (C=O) groups excluding carboxylic acids is 1. The van der Waals surface area contributed by atoms with Crippen molar-refractivity contribution in [3.63, 3.8) is 0 Å². The second-order valence-corrected chi connectivity index (χ2v) is 4.78. The number of methoxy groups -OCH3 is 1. The van der Waals surface area contributed by atoms with Crippen LogP contribution in [0.15, 0.2) is 41.0 Å². The maximum Gasteiger partial charge on any atom is 0.374 e. The highest BCUT2D eigenvalue weighted by Gasteiger charge is 2.16. The summed E-state index contributed by atoms with van der Waals surface area (Å²) in [5.74, 6) is -0.189. The van der Waals surface area contributed by atoms with Crippen LogP contribution in [0.4, 0.5) is 0 Å². The summed E-state index contributed by atoms with van der Waals surface area (Å²) in [5, 5.41) is 3.37. The number of carbonyl (C=O) groups is 1. The first kappa shape index (κ1) is 14.3. The molecule has 0 amide bonds. The molecule has 1 aromatic heterocycles. The van der Waals surface area contributed by atoms with Crippen molar-refractivity contribution in [3.05, 3.63) is 59.0 Å². The summed E-state index contributed by atoms with van der Waals surface area (Å²) in [6.07, 6.45) is 1.50. The maximum atomic E-state index is 11.5. The van der Waals surface area contributed by atoms with Crippen molar-refractivity contribution < 1.29 is 13.9 Å². The average molecular weight is 273 g/mol. The second-order valence-electron chi connectivity index (χ2n) is 4.78. The van der Waals surface area contributed by atoms with E-state index in [1.54, 1.807) is 6.07 Å².